The third kappa shape index (κ3) is 4.43. The average Bonchev–Trinajstić information content (AvgIpc) is 3.09. The predicted molar refractivity (Wildman–Crippen MR) is 62.8 cm³/mol. The zero-order valence-electron chi connectivity index (χ0n) is 10.4. The topological polar surface area (TPSA) is 73.2 Å². The van der Waals surface area contributed by atoms with E-state index in [1.165, 1.54) is 0 Å². The van der Waals surface area contributed by atoms with Gasteiger partial charge < -0.3 is 10.2 Å². The third-order valence-electron chi connectivity index (χ3n) is 2.72. The monoisotopic (exact) mass is 237 g/mol. The maximum atomic E-state index is 11.8. The summed E-state index contributed by atoms with van der Waals surface area (Å²) in [5.74, 6) is -0.656. The van der Waals surface area contributed by atoms with Gasteiger partial charge in [0.2, 0.25) is 0 Å². The summed E-state index contributed by atoms with van der Waals surface area (Å²) in [6.07, 6.45) is 2.86. The van der Waals surface area contributed by atoms with Crippen LogP contribution in [-0.4, -0.2) is 35.8 Å². The van der Waals surface area contributed by atoms with Crippen molar-refractivity contribution < 1.29 is 9.59 Å². The number of nitrogens with one attached hydrogen (secondary N) is 1. The lowest BCUT2D eigenvalue weighted by Crippen LogP contribution is -2.44. The van der Waals surface area contributed by atoms with E-state index in [1.54, 1.807) is 11.0 Å². The van der Waals surface area contributed by atoms with Crippen LogP contribution in [0.2, 0.25) is 0 Å². The van der Waals surface area contributed by atoms with Crippen LogP contribution in [0.3, 0.4) is 0 Å². The van der Waals surface area contributed by atoms with Gasteiger partial charge in [0, 0.05) is 12.6 Å². The summed E-state index contributed by atoms with van der Waals surface area (Å²) in [6.45, 7) is 4.69. The maximum absolute atomic E-state index is 11.8. The van der Waals surface area contributed by atoms with Gasteiger partial charge in [0.25, 0.3) is 0 Å². The summed E-state index contributed by atoms with van der Waals surface area (Å²) in [5.41, 5.74) is 0. The summed E-state index contributed by atoms with van der Waals surface area (Å²) in [4.78, 5) is 25.0. The fourth-order valence-electron chi connectivity index (χ4n) is 1.56. The minimum atomic E-state index is -0.665. The fraction of sp³-hybridized carbons (Fsp3) is 0.750. The molecule has 0 saturated heterocycles. The number of hydrogen-bond donors (Lipinski definition) is 1. The first-order valence-electron chi connectivity index (χ1n) is 6.02. The van der Waals surface area contributed by atoms with Crippen LogP contribution in [0.4, 0.5) is 0 Å². The van der Waals surface area contributed by atoms with Crippen molar-refractivity contribution >= 4 is 11.8 Å². The highest BCUT2D eigenvalue weighted by molar-refractivity contribution is 6.35. The van der Waals surface area contributed by atoms with Gasteiger partial charge in [-0.25, -0.2) is 0 Å². The van der Waals surface area contributed by atoms with E-state index < -0.39 is 11.8 Å². The second-order valence-electron chi connectivity index (χ2n) is 4.75. The van der Waals surface area contributed by atoms with E-state index in [4.69, 9.17) is 5.26 Å². The summed E-state index contributed by atoms with van der Waals surface area (Å²) in [7, 11) is 0. The molecule has 0 aromatic rings. The first kappa shape index (κ1) is 13.5. The fourth-order valence-corrected chi connectivity index (χ4v) is 1.56. The van der Waals surface area contributed by atoms with Gasteiger partial charge in [0.05, 0.1) is 6.07 Å². The predicted octanol–water partition coefficient (Wildman–Crippen LogP) is 0.663. The van der Waals surface area contributed by atoms with Crippen molar-refractivity contribution in [1.82, 2.24) is 10.2 Å². The number of nitriles is 1. The molecule has 1 N–H and O–H groups in total. The van der Waals surface area contributed by atoms with Crippen LogP contribution in [0.1, 0.15) is 33.1 Å². The van der Waals surface area contributed by atoms with E-state index in [0.717, 1.165) is 19.3 Å². The largest absolute Gasteiger partial charge is 0.335 e. The molecule has 94 valence electrons. The Labute approximate surface area is 102 Å². The minimum absolute atomic E-state index is 0.118. The molecular weight excluding hydrogens is 218 g/mol. The van der Waals surface area contributed by atoms with E-state index in [2.05, 4.69) is 19.2 Å². The Hall–Kier alpha value is -1.57. The Balaban J connectivity index is 2.49. The van der Waals surface area contributed by atoms with Gasteiger partial charge in [-0.15, -0.1) is 0 Å². The zero-order valence-corrected chi connectivity index (χ0v) is 10.4. The quantitative estimate of drug-likeness (QED) is 0.564. The molecule has 17 heavy (non-hydrogen) atoms. The number of nitrogens with zero attached hydrogens (tertiary/aromatic N) is 2. The summed E-state index contributed by atoms with van der Waals surface area (Å²) < 4.78 is 0. The standard InChI is InChI=1S/C12H19N3O2/c1-9(2)5-8-15(10-3-4-10)12(17)11(16)14-7-6-13/h9-10H,3-5,7-8H2,1-2H3,(H,14,16). The lowest BCUT2D eigenvalue weighted by Gasteiger charge is -2.22. The van der Waals surface area contributed by atoms with Gasteiger partial charge in [0.15, 0.2) is 0 Å². The first-order valence-corrected chi connectivity index (χ1v) is 6.02. The van der Waals surface area contributed by atoms with Crippen LogP contribution in [-0.2, 0) is 9.59 Å². The van der Waals surface area contributed by atoms with Gasteiger partial charge in [-0.3, -0.25) is 9.59 Å². The van der Waals surface area contributed by atoms with Crippen molar-refractivity contribution in [3.8, 4) is 6.07 Å². The van der Waals surface area contributed by atoms with Crippen molar-refractivity contribution in [3.63, 3.8) is 0 Å². The first-order chi connectivity index (χ1) is 8.06. The molecule has 0 radical (unpaired) electrons. The Kier molecular flexibility index (Phi) is 4.95. The van der Waals surface area contributed by atoms with Gasteiger partial charge in [-0.1, -0.05) is 13.8 Å². The van der Waals surface area contributed by atoms with Crippen molar-refractivity contribution in [3.05, 3.63) is 0 Å². The van der Waals surface area contributed by atoms with Crippen LogP contribution in [0.25, 0.3) is 0 Å². The van der Waals surface area contributed by atoms with E-state index in [1.807, 2.05) is 0 Å². The molecule has 1 fully saturated rings. The maximum Gasteiger partial charge on any atom is 0.312 e. The van der Waals surface area contributed by atoms with Crippen LogP contribution in [0.15, 0.2) is 0 Å². The van der Waals surface area contributed by atoms with Crippen molar-refractivity contribution in [2.45, 2.75) is 39.2 Å². The molecule has 0 heterocycles. The molecule has 0 spiro atoms. The molecule has 5 nitrogen and oxygen atoms in total. The number of rotatable bonds is 5. The van der Waals surface area contributed by atoms with Crippen LogP contribution in [0.5, 0.6) is 0 Å². The normalized spacial score (nSPS) is 14.2. The molecular formula is C12H19N3O2. The number of carbonyl (C=O) groups excluding carboxylic acids is 2. The molecule has 0 unspecified atom stereocenters. The van der Waals surface area contributed by atoms with Gasteiger partial charge in [-0.05, 0) is 25.2 Å². The Bertz CT molecular complexity index is 329. The number of hydrogen-bond acceptors (Lipinski definition) is 3. The highest BCUT2D eigenvalue weighted by Crippen LogP contribution is 2.27. The molecule has 1 aliphatic rings. The highest BCUT2D eigenvalue weighted by atomic mass is 16.2. The Morgan fingerprint density at radius 3 is 2.59 bits per heavy atom. The van der Waals surface area contributed by atoms with Crippen LogP contribution < -0.4 is 5.32 Å². The van der Waals surface area contributed by atoms with Gasteiger partial charge in [-0.2, -0.15) is 5.26 Å². The molecule has 0 aromatic heterocycles. The van der Waals surface area contributed by atoms with Gasteiger partial charge >= 0.3 is 11.8 Å². The van der Waals surface area contributed by atoms with Crippen LogP contribution in [0, 0.1) is 17.2 Å². The van der Waals surface area contributed by atoms with E-state index in [-0.39, 0.29) is 12.6 Å². The second kappa shape index (κ2) is 6.24. The van der Waals surface area contributed by atoms with E-state index >= 15 is 0 Å². The molecule has 1 rings (SSSR count). The SMILES string of the molecule is CC(C)CCN(C(=O)C(=O)NCC#N)C1CC1. The third-order valence-corrected chi connectivity index (χ3v) is 2.72. The van der Waals surface area contributed by atoms with E-state index in [9.17, 15) is 9.59 Å². The molecule has 0 atom stereocenters. The average molecular weight is 237 g/mol. The lowest BCUT2D eigenvalue weighted by molar-refractivity contribution is -0.146. The zero-order chi connectivity index (χ0) is 12.8. The second-order valence-corrected chi connectivity index (χ2v) is 4.75. The Morgan fingerprint density at radius 2 is 2.12 bits per heavy atom. The Morgan fingerprint density at radius 1 is 1.47 bits per heavy atom. The summed E-state index contributed by atoms with van der Waals surface area (Å²) in [5, 5.41) is 10.6. The molecule has 1 aliphatic carbocycles. The van der Waals surface area contributed by atoms with Crippen molar-refractivity contribution in [2.24, 2.45) is 5.92 Å². The minimum Gasteiger partial charge on any atom is -0.335 e. The molecule has 5 heteroatoms. The number of amides is 2. The molecule has 2 amide bonds. The van der Waals surface area contributed by atoms with Crippen LogP contribution >= 0.6 is 0 Å². The summed E-state index contributed by atoms with van der Waals surface area (Å²) in [6, 6.07) is 2.02. The molecule has 0 aromatic carbocycles. The molecule has 0 aliphatic heterocycles. The highest BCUT2D eigenvalue weighted by Gasteiger charge is 2.35. The number of carbonyl (C=O) groups is 2. The van der Waals surface area contributed by atoms with Crippen molar-refractivity contribution in [1.29, 1.82) is 5.26 Å². The molecule has 1 saturated carbocycles. The van der Waals surface area contributed by atoms with E-state index in [0.29, 0.717) is 12.5 Å². The van der Waals surface area contributed by atoms with Gasteiger partial charge in [0.1, 0.15) is 6.54 Å². The summed E-state index contributed by atoms with van der Waals surface area (Å²) >= 11 is 0. The smallest absolute Gasteiger partial charge is 0.312 e. The molecule has 0 bridgehead atoms. The lowest BCUT2D eigenvalue weighted by atomic mass is 10.1. The van der Waals surface area contributed by atoms with Crippen molar-refractivity contribution in [2.75, 3.05) is 13.1 Å².